The average molecular weight is 385 g/mol. The van der Waals surface area contributed by atoms with Gasteiger partial charge in [-0.3, -0.25) is 4.90 Å². The van der Waals surface area contributed by atoms with Crippen LogP contribution in [0.1, 0.15) is 38.1 Å². The van der Waals surface area contributed by atoms with E-state index in [2.05, 4.69) is 32.2 Å². The van der Waals surface area contributed by atoms with Crippen LogP contribution in [-0.4, -0.2) is 31.8 Å². The van der Waals surface area contributed by atoms with Crippen molar-refractivity contribution < 1.29 is 13.3 Å². The molecule has 0 saturated carbocycles. The topological polar surface area (TPSA) is 94.2 Å². The standard InChI is InChI=1S/C18H19N5O3S/c1-3-8-23(11-15-19-21-17(25-15)13-6-4-9-24-13)12(2)16-20-22-18(26-16)14-7-5-10-27-14/h4-7,9-10,12H,3,8,11H2,1-2H3/t12-/m1/s1. The molecule has 0 amide bonds. The zero-order valence-corrected chi connectivity index (χ0v) is 15.8. The third-order valence-corrected chi connectivity index (χ3v) is 4.98. The van der Waals surface area contributed by atoms with Crippen molar-refractivity contribution in [3.05, 3.63) is 47.7 Å². The molecule has 0 aromatic carbocycles. The third-order valence-electron chi connectivity index (χ3n) is 4.13. The smallest absolute Gasteiger partial charge is 0.283 e. The molecule has 4 heterocycles. The van der Waals surface area contributed by atoms with Crippen LogP contribution in [-0.2, 0) is 6.54 Å². The maximum atomic E-state index is 5.88. The second-order valence-corrected chi connectivity index (χ2v) is 7.00. The summed E-state index contributed by atoms with van der Waals surface area (Å²) in [5.74, 6) is 2.55. The molecule has 0 saturated heterocycles. The van der Waals surface area contributed by atoms with Crippen LogP contribution in [0.3, 0.4) is 0 Å². The normalized spacial score (nSPS) is 12.7. The molecule has 9 heteroatoms. The van der Waals surface area contributed by atoms with Crippen molar-refractivity contribution in [2.45, 2.75) is 32.9 Å². The van der Waals surface area contributed by atoms with Gasteiger partial charge in [-0.2, -0.15) is 0 Å². The maximum absolute atomic E-state index is 5.88. The second kappa shape index (κ2) is 7.85. The summed E-state index contributed by atoms with van der Waals surface area (Å²) >= 11 is 1.57. The molecule has 0 fully saturated rings. The average Bonchev–Trinajstić information content (AvgIpc) is 3.48. The van der Waals surface area contributed by atoms with Crippen molar-refractivity contribution in [3.63, 3.8) is 0 Å². The fourth-order valence-corrected chi connectivity index (χ4v) is 3.39. The van der Waals surface area contributed by atoms with Gasteiger partial charge in [0, 0.05) is 0 Å². The Morgan fingerprint density at radius 1 is 1.07 bits per heavy atom. The van der Waals surface area contributed by atoms with Gasteiger partial charge in [-0.05, 0) is 43.5 Å². The van der Waals surface area contributed by atoms with Gasteiger partial charge in [0.05, 0.1) is 23.7 Å². The molecular formula is C18H19N5O3S. The van der Waals surface area contributed by atoms with Crippen molar-refractivity contribution in [1.82, 2.24) is 25.3 Å². The molecule has 0 unspecified atom stereocenters. The largest absolute Gasteiger partial charge is 0.459 e. The van der Waals surface area contributed by atoms with E-state index in [1.807, 2.05) is 24.4 Å². The Morgan fingerprint density at radius 3 is 2.70 bits per heavy atom. The summed E-state index contributed by atoms with van der Waals surface area (Å²) in [5.41, 5.74) is 0. The van der Waals surface area contributed by atoms with Gasteiger partial charge >= 0.3 is 0 Å². The molecule has 0 aliphatic carbocycles. The van der Waals surface area contributed by atoms with Crippen LogP contribution in [0, 0.1) is 0 Å². The molecule has 0 spiro atoms. The van der Waals surface area contributed by atoms with Crippen LogP contribution in [0.4, 0.5) is 0 Å². The second-order valence-electron chi connectivity index (χ2n) is 6.05. The van der Waals surface area contributed by atoms with E-state index in [0.717, 1.165) is 17.8 Å². The zero-order chi connectivity index (χ0) is 18.6. The SMILES string of the molecule is CCCN(Cc1nnc(-c2ccco2)o1)[C@H](C)c1nnc(-c2cccs2)o1. The summed E-state index contributed by atoms with van der Waals surface area (Å²) < 4.78 is 16.9. The quantitative estimate of drug-likeness (QED) is 0.440. The highest BCUT2D eigenvalue weighted by atomic mass is 32.1. The minimum absolute atomic E-state index is 0.0786. The van der Waals surface area contributed by atoms with Crippen LogP contribution in [0.2, 0.25) is 0 Å². The van der Waals surface area contributed by atoms with E-state index < -0.39 is 0 Å². The minimum atomic E-state index is -0.0786. The van der Waals surface area contributed by atoms with Gasteiger partial charge in [-0.15, -0.1) is 31.7 Å². The highest BCUT2D eigenvalue weighted by Gasteiger charge is 2.24. The summed E-state index contributed by atoms with van der Waals surface area (Å²) in [6.45, 7) is 5.47. The van der Waals surface area contributed by atoms with Gasteiger partial charge in [-0.25, -0.2) is 0 Å². The van der Waals surface area contributed by atoms with Gasteiger partial charge < -0.3 is 13.3 Å². The van der Waals surface area contributed by atoms with E-state index in [4.69, 9.17) is 13.3 Å². The van der Waals surface area contributed by atoms with E-state index >= 15 is 0 Å². The first-order valence-electron chi connectivity index (χ1n) is 8.72. The molecule has 0 N–H and O–H groups in total. The third kappa shape index (κ3) is 3.83. The molecule has 27 heavy (non-hydrogen) atoms. The Hall–Kier alpha value is -2.78. The van der Waals surface area contributed by atoms with Crippen LogP contribution in [0.15, 0.2) is 49.2 Å². The van der Waals surface area contributed by atoms with Crippen molar-refractivity contribution in [2.24, 2.45) is 0 Å². The number of aromatic nitrogens is 4. The lowest BCUT2D eigenvalue weighted by molar-refractivity contribution is 0.160. The number of nitrogens with zero attached hydrogens (tertiary/aromatic N) is 5. The number of hydrogen-bond donors (Lipinski definition) is 0. The number of hydrogen-bond acceptors (Lipinski definition) is 9. The van der Waals surface area contributed by atoms with Gasteiger partial charge in [0.2, 0.25) is 11.8 Å². The Balaban J connectivity index is 1.50. The Labute approximate surface area is 159 Å². The highest BCUT2D eigenvalue weighted by molar-refractivity contribution is 7.13. The minimum Gasteiger partial charge on any atom is -0.459 e. The van der Waals surface area contributed by atoms with Crippen molar-refractivity contribution in [3.8, 4) is 22.4 Å². The molecule has 4 aromatic rings. The molecule has 0 aliphatic rings. The van der Waals surface area contributed by atoms with Crippen LogP contribution < -0.4 is 0 Å². The molecule has 1 atom stereocenters. The lowest BCUT2D eigenvalue weighted by atomic mass is 10.2. The summed E-state index contributed by atoms with van der Waals surface area (Å²) in [5, 5.41) is 18.6. The van der Waals surface area contributed by atoms with Gasteiger partial charge in [0.1, 0.15) is 0 Å². The molecule has 8 nitrogen and oxygen atoms in total. The molecule has 4 rings (SSSR count). The fraction of sp³-hybridized carbons (Fsp3) is 0.333. The summed E-state index contributed by atoms with van der Waals surface area (Å²) in [7, 11) is 0. The number of furan rings is 1. The van der Waals surface area contributed by atoms with Gasteiger partial charge in [0.15, 0.2) is 5.76 Å². The fourth-order valence-electron chi connectivity index (χ4n) is 2.75. The van der Waals surface area contributed by atoms with E-state index in [9.17, 15) is 0 Å². The van der Waals surface area contributed by atoms with Crippen molar-refractivity contribution >= 4 is 11.3 Å². The van der Waals surface area contributed by atoms with Crippen LogP contribution in [0.5, 0.6) is 0 Å². The first-order valence-corrected chi connectivity index (χ1v) is 9.60. The summed E-state index contributed by atoms with van der Waals surface area (Å²) in [6, 6.07) is 7.42. The predicted octanol–water partition coefficient (Wildman–Crippen LogP) is 4.41. The van der Waals surface area contributed by atoms with Crippen LogP contribution >= 0.6 is 11.3 Å². The molecule has 0 radical (unpaired) electrons. The number of thiophene rings is 1. The molecule has 4 aromatic heterocycles. The van der Waals surface area contributed by atoms with E-state index in [1.165, 1.54) is 0 Å². The summed E-state index contributed by atoms with van der Waals surface area (Å²) in [6.07, 6.45) is 2.54. The van der Waals surface area contributed by atoms with E-state index in [1.54, 1.807) is 29.7 Å². The summed E-state index contributed by atoms with van der Waals surface area (Å²) in [4.78, 5) is 3.13. The van der Waals surface area contributed by atoms with E-state index in [-0.39, 0.29) is 6.04 Å². The highest BCUT2D eigenvalue weighted by Crippen LogP contribution is 2.28. The molecule has 0 aliphatic heterocycles. The molecule has 140 valence electrons. The molecular weight excluding hydrogens is 366 g/mol. The first kappa shape index (κ1) is 17.6. The first-order chi connectivity index (χ1) is 13.2. The number of rotatable bonds is 8. The Morgan fingerprint density at radius 2 is 1.96 bits per heavy atom. The van der Waals surface area contributed by atoms with Crippen molar-refractivity contribution in [2.75, 3.05) is 6.54 Å². The maximum Gasteiger partial charge on any atom is 0.283 e. The zero-order valence-electron chi connectivity index (χ0n) is 15.0. The predicted molar refractivity (Wildman–Crippen MR) is 98.7 cm³/mol. The van der Waals surface area contributed by atoms with Crippen LogP contribution in [0.25, 0.3) is 22.4 Å². The monoisotopic (exact) mass is 385 g/mol. The lowest BCUT2D eigenvalue weighted by Crippen LogP contribution is -2.28. The van der Waals surface area contributed by atoms with Gasteiger partial charge in [0.25, 0.3) is 11.8 Å². The van der Waals surface area contributed by atoms with Gasteiger partial charge in [-0.1, -0.05) is 13.0 Å². The molecule has 0 bridgehead atoms. The Bertz CT molecular complexity index is 961. The van der Waals surface area contributed by atoms with E-state index in [0.29, 0.717) is 35.9 Å². The van der Waals surface area contributed by atoms with Crippen molar-refractivity contribution in [1.29, 1.82) is 0 Å². The lowest BCUT2D eigenvalue weighted by Gasteiger charge is -2.24. The Kier molecular flexibility index (Phi) is 5.12.